The number of nitrogens with one attached hydrogen (secondary N) is 1. The van der Waals surface area contributed by atoms with Gasteiger partial charge >= 0.3 is 0 Å². The van der Waals surface area contributed by atoms with E-state index in [1.54, 1.807) is 7.05 Å². The minimum absolute atomic E-state index is 0.0656. The first-order valence-corrected chi connectivity index (χ1v) is 11.9. The maximum atomic E-state index is 12.9. The maximum absolute atomic E-state index is 12.9. The molecule has 186 valence electrons. The average molecular weight is 516 g/mol. The number of carbonyl (C=O) groups is 3. The van der Waals surface area contributed by atoms with Crippen molar-refractivity contribution in [3.05, 3.63) is 17.1 Å². The number of oxime groups is 1. The topological polar surface area (TPSA) is 203 Å². The lowest BCUT2D eigenvalue weighted by Gasteiger charge is -2.51. The van der Waals surface area contributed by atoms with Gasteiger partial charge in [-0.1, -0.05) is 5.16 Å². The number of aliphatic hydroxyl groups excluding tert-OH is 2. The molecule has 0 aliphatic carbocycles. The number of carbonyl (C=O) groups excluding carboxylic acids is 3. The molecule has 0 bridgehead atoms. The summed E-state index contributed by atoms with van der Waals surface area (Å²) in [5, 5.41) is 36.4. The number of likely N-dealkylation sites (N-methyl/N-ethyl adjacent to an activating group) is 1. The monoisotopic (exact) mass is 515 g/mol. The van der Waals surface area contributed by atoms with Crippen LogP contribution in [-0.2, 0) is 19.2 Å². The van der Waals surface area contributed by atoms with Gasteiger partial charge in [0.2, 0.25) is 11.5 Å². The number of hydrogen-bond acceptors (Lipinski definition) is 13. The fourth-order valence-electron chi connectivity index (χ4n) is 3.82. The normalized spacial score (nSPS) is 20.6. The number of thioether (sulfide) groups is 1. The molecule has 2 atom stereocenters. The molecule has 3 heterocycles. The quantitative estimate of drug-likeness (QED) is 0.0977. The number of nitrogen functional groups attached to an aromatic ring is 1. The van der Waals surface area contributed by atoms with Crippen molar-refractivity contribution >= 4 is 51.9 Å². The third-order valence-electron chi connectivity index (χ3n) is 5.43. The SMILES string of the molecule is CO/N=C(\C(=O)NC1C(=O)N2C(C(=O)[O-])=C(C[N+](C)(CCO)CCO)CS[C@@H]12)c1nsc(N)n1. The zero-order valence-corrected chi connectivity index (χ0v) is 20.1. The van der Waals surface area contributed by atoms with Crippen LogP contribution in [0.2, 0.25) is 0 Å². The zero-order valence-electron chi connectivity index (χ0n) is 18.5. The summed E-state index contributed by atoms with van der Waals surface area (Å²) < 4.78 is 4.11. The Morgan fingerprint density at radius 1 is 1.38 bits per heavy atom. The molecular weight excluding hydrogens is 490 g/mol. The Morgan fingerprint density at radius 3 is 2.59 bits per heavy atom. The van der Waals surface area contributed by atoms with Crippen LogP contribution >= 0.6 is 23.3 Å². The van der Waals surface area contributed by atoms with Crippen LogP contribution in [0, 0.1) is 0 Å². The summed E-state index contributed by atoms with van der Waals surface area (Å²) in [6.45, 7) is 0.486. The van der Waals surface area contributed by atoms with Crippen LogP contribution in [0.3, 0.4) is 0 Å². The second kappa shape index (κ2) is 10.6. The van der Waals surface area contributed by atoms with Crippen LogP contribution in [0.25, 0.3) is 0 Å². The number of nitrogens with two attached hydrogens (primary N) is 1. The summed E-state index contributed by atoms with van der Waals surface area (Å²) in [6.07, 6.45) is 0. The third kappa shape index (κ3) is 5.15. The van der Waals surface area contributed by atoms with Crippen molar-refractivity contribution in [2.75, 3.05) is 58.5 Å². The van der Waals surface area contributed by atoms with Crippen molar-refractivity contribution in [3.63, 3.8) is 0 Å². The number of hydrogen-bond donors (Lipinski definition) is 4. The lowest BCUT2D eigenvalue weighted by atomic mass is 10.0. The Balaban J connectivity index is 1.80. The van der Waals surface area contributed by atoms with Crippen molar-refractivity contribution in [2.45, 2.75) is 11.4 Å². The number of β-lactam (4-membered cyclic amide) rings is 1. The van der Waals surface area contributed by atoms with Crippen LogP contribution < -0.4 is 16.2 Å². The Kier molecular flexibility index (Phi) is 8.09. The predicted octanol–water partition coefficient (Wildman–Crippen LogP) is -3.69. The van der Waals surface area contributed by atoms with Crippen LogP contribution in [0.1, 0.15) is 5.82 Å². The number of carboxylic acids is 1. The average Bonchev–Trinajstić information content (AvgIpc) is 3.21. The highest BCUT2D eigenvalue weighted by molar-refractivity contribution is 8.00. The first-order chi connectivity index (χ1) is 16.2. The summed E-state index contributed by atoms with van der Waals surface area (Å²) in [4.78, 5) is 47.3. The molecule has 1 unspecified atom stereocenters. The molecule has 0 aromatic carbocycles. The van der Waals surface area contributed by atoms with E-state index in [0.717, 1.165) is 16.4 Å². The molecule has 1 fully saturated rings. The molecule has 0 radical (unpaired) electrons. The van der Waals surface area contributed by atoms with Crippen molar-refractivity contribution in [3.8, 4) is 0 Å². The van der Waals surface area contributed by atoms with Gasteiger partial charge in [0.05, 0.1) is 31.9 Å². The van der Waals surface area contributed by atoms with E-state index >= 15 is 0 Å². The molecule has 14 nitrogen and oxygen atoms in total. The fraction of sp³-hybridized carbons (Fsp3) is 0.556. The number of quaternary nitrogens is 1. The van der Waals surface area contributed by atoms with Crippen LogP contribution in [-0.4, -0.2) is 117 Å². The van der Waals surface area contributed by atoms with E-state index in [0.29, 0.717) is 18.7 Å². The Hall–Kier alpha value is -2.79. The standard InChI is InChI=1S/C18H25N7O7S2/c1-25(3-5-26,4-6-27)7-9-8-33-16-11(15(29)24(16)12(9)17(30)31)20-14(28)10(22-32-2)13-21-18(19)34-23-13/h11,16,26-27H,3-8H2,1-2H3,(H3-,19,20,21,23,28,30,31)/b22-10-/t11?,16-/m0/s1. The van der Waals surface area contributed by atoms with Crippen LogP contribution in [0.5, 0.6) is 0 Å². The molecular formula is C18H25N7O7S2. The van der Waals surface area contributed by atoms with E-state index in [9.17, 15) is 29.7 Å². The molecule has 2 aliphatic heterocycles. The van der Waals surface area contributed by atoms with Crippen molar-refractivity contribution < 1.29 is 39.0 Å². The summed E-state index contributed by atoms with van der Waals surface area (Å²) >= 11 is 2.14. The summed E-state index contributed by atoms with van der Waals surface area (Å²) in [5.41, 5.74) is 5.48. The van der Waals surface area contributed by atoms with Crippen molar-refractivity contribution in [1.29, 1.82) is 0 Å². The first-order valence-electron chi connectivity index (χ1n) is 10.1. The van der Waals surface area contributed by atoms with Crippen LogP contribution in [0.15, 0.2) is 16.4 Å². The molecule has 1 aromatic heterocycles. The molecule has 3 rings (SSSR count). The van der Waals surface area contributed by atoms with Crippen molar-refractivity contribution in [2.24, 2.45) is 5.16 Å². The number of anilines is 1. The number of rotatable bonds is 11. The summed E-state index contributed by atoms with van der Waals surface area (Å²) in [7, 11) is 3.01. The second-order valence-electron chi connectivity index (χ2n) is 7.85. The van der Waals surface area contributed by atoms with Gasteiger partial charge in [0.25, 0.3) is 11.8 Å². The van der Waals surface area contributed by atoms with Gasteiger partial charge in [0.1, 0.15) is 38.2 Å². The van der Waals surface area contributed by atoms with E-state index in [1.807, 2.05) is 0 Å². The van der Waals surface area contributed by atoms with Crippen molar-refractivity contribution in [1.82, 2.24) is 19.6 Å². The lowest BCUT2D eigenvalue weighted by molar-refractivity contribution is -0.905. The third-order valence-corrected chi connectivity index (χ3v) is 7.31. The Morgan fingerprint density at radius 2 is 2.06 bits per heavy atom. The number of fused-ring (bicyclic) bond motifs is 1. The molecule has 34 heavy (non-hydrogen) atoms. The van der Waals surface area contributed by atoms with Gasteiger partial charge in [-0.05, 0) is 0 Å². The van der Waals surface area contributed by atoms with E-state index in [2.05, 4.69) is 24.7 Å². The number of amides is 2. The molecule has 5 N–H and O–H groups in total. The first kappa shape index (κ1) is 25.8. The van der Waals surface area contributed by atoms with Gasteiger partial charge in [0, 0.05) is 22.9 Å². The van der Waals surface area contributed by atoms with E-state index in [1.165, 1.54) is 18.9 Å². The molecule has 0 spiro atoms. The van der Waals surface area contributed by atoms with E-state index in [4.69, 9.17) is 5.73 Å². The number of aromatic nitrogens is 2. The smallest absolute Gasteiger partial charge is 0.278 e. The summed E-state index contributed by atoms with van der Waals surface area (Å²) in [6, 6.07) is -1.01. The van der Waals surface area contributed by atoms with Gasteiger partial charge in [-0.15, -0.1) is 11.8 Å². The largest absolute Gasteiger partial charge is 0.543 e. The number of nitrogens with zero attached hydrogens (tertiary/aromatic N) is 5. The molecule has 0 saturated carbocycles. The fourth-order valence-corrected chi connectivity index (χ4v) is 5.59. The molecule has 16 heteroatoms. The summed E-state index contributed by atoms with van der Waals surface area (Å²) in [5.74, 6) is -2.72. The highest BCUT2D eigenvalue weighted by atomic mass is 32.2. The maximum Gasteiger partial charge on any atom is 0.278 e. The molecule has 2 amide bonds. The van der Waals surface area contributed by atoms with Gasteiger partial charge in [0.15, 0.2) is 5.13 Å². The van der Waals surface area contributed by atoms with E-state index in [-0.39, 0.29) is 52.4 Å². The lowest BCUT2D eigenvalue weighted by Crippen LogP contribution is -2.72. The highest BCUT2D eigenvalue weighted by Crippen LogP contribution is 2.40. The molecule has 2 aliphatic rings. The molecule has 1 aromatic rings. The number of aliphatic hydroxyl groups is 2. The minimum Gasteiger partial charge on any atom is -0.543 e. The van der Waals surface area contributed by atoms with E-state index < -0.39 is 29.2 Å². The van der Waals surface area contributed by atoms with Gasteiger partial charge in [-0.3, -0.25) is 14.5 Å². The Labute approximate surface area is 202 Å². The Bertz CT molecular complexity index is 1020. The van der Waals surface area contributed by atoms with Crippen LogP contribution in [0.4, 0.5) is 5.13 Å². The molecule has 1 saturated heterocycles. The predicted molar refractivity (Wildman–Crippen MR) is 120 cm³/mol. The minimum atomic E-state index is -1.51. The highest BCUT2D eigenvalue weighted by Gasteiger charge is 2.53. The van der Waals surface area contributed by atoms with Gasteiger partial charge < -0.3 is 40.5 Å². The number of carboxylic acid groups (broad SMARTS) is 1. The van der Waals surface area contributed by atoms with Gasteiger partial charge in [-0.25, -0.2) is 0 Å². The number of aliphatic carboxylic acids is 1. The van der Waals surface area contributed by atoms with Gasteiger partial charge in [-0.2, -0.15) is 9.36 Å². The zero-order chi connectivity index (χ0) is 25.0. The second-order valence-corrected chi connectivity index (χ2v) is 9.74.